The molecular formula is C12H14O2S2. The molecule has 0 unspecified atom stereocenters. The Balaban J connectivity index is 2.47. The molecule has 0 aromatic heterocycles. The zero-order valence-corrected chi connectivity index (χ0v) is 10.8. The van der Waals surface area contributed by atoms with Gasteiger partial charge < -0.3 is 0 Å². The van der Waals surface area contributed by atoms with E-state index >= 15 is 0 Å². The molecule has 0 amide bonds. The fourth-order valence-electron chi connectivity index (χ4n) is 1.76. The summed E-state index contributed by atoms with van der Waals surface area (Å²) in [5.74, 6) is 1.29. The average Bonchev–Trinajstić information content (AvgIpc) is 2.30. The first kappa shape index (κ1) is 11.7. The molecule has 0 bridgehead atoms. The van der Waals surface area contributed by atoms with Crippen LogP contribution in [0.5, 0.6) is 0 Å². The van der Waals surface area contributed by atoms with Crippen molar-refractivity contribution in [1.82, 2.24) is 0 Å². The maximum atomic E-state index is 11.9. The third kappa shape index (κ3) is 2.33. The van der Waals surface area contributed by atoms with Crippen LogP contribution in [0.25, 0.3) is 5.57 Å². The summed E-state index contributed by atoms with van der Waals surface area (Å²) in [6.07, 6.45) is 0.796. The van der Waals surface area contributed by atoms with E-state index in [-0.39, 0.29) is 0 Å². The van der Waals surface area contributed by atoms with E-state index in [0.29, 0.717) is 15.7 Å². The third-order valence-electron chi connectivity index (χ3n) is 2.59. The molecule has 1 fully saturated rings. The second-order valence-corrected chi connectivity index (χ2v) is 7.00. The molecule has 1 heterocycles. The second kappa shape index (κ2) is 5.06. The highest BCUT2D eigenvalue weighted by Gasteiger charge is 2.23. The minimum absolute atomic E-state index is 0.637. The van der Waals surface area contributed by atoms with Crippen molar-refractivity contribution in [1.29, 1.82) is 0 Å². The third-order valence-corrected chi connectivity index (χ3v) is 6.46. The van der Waals surface area contributed by atoms with E-state index in [2.05, 4.69) is 0 Å². The number of rotatable bonds is 1. The van der Waals surface area contributed by atoms with Crippen molar-refractivity contribution >= 4 is 27.2 Å². The zero-order chi connectivity index (χ0) is 11.5. The van der Waals surface area contributed by atoms with E-state index in [0.717, 1.165) is 17.6 Å². The highest BCUT2D eigenvalue weighted by atomic mass is 32.2. The van der Waals surface area contributed by atoms with Crippen molar-refractivity contribution in [2.24, 2.45) is 0 Å². The fourth-order valence-corrected chi connectivity index (χ4v) is 5.37. The molecule has 0 aliphatic carbocycles. The van der Waals surface area contributed by atoms with E-state index in [1.807, 2.05) is 37.3 Å². The standard InChI is InChI=1S/C12H14O2S2/c1-10(11-6-3-2-4-7-11)12-15(13)8-5-9-16(12)14/h2-4,6-7H,5,8-9H2,1H3/t15-,16-/m1/s1. The van der Waals surface area contributed by atoms with Crippen LogP contribution in [0.1, 0.15) is 18.9 Å². The lowest BCUT2D eigenvalue weighted by Gasteiger charge is -2.16. The monoisotopic (exact) mass is 254 g/mol. The number of hydrogen-bond acceptors (Lipinski definition) is 2. The molecule has 0 spiro atoms. The fraction of sp³-hybridized carbons (Fsp3) is 0.333. The van der Waals surface area contributed by atoms with Gasteiger partial charge in [-0.1, -0.05) is 30.3 Å². The van der Waals surface area contributed by atoms with E-state index in [1.54, 1.807) is 0 Å². The Morgan fingerprint density at radius 1 is 1.06 bits per heavy atom. The van der Waals surface area contributed by atoms with Gasteiger partial charge in [0.05, 0.1) is 21.6 Å². The van der Waals surface area contributed by atoms with Crippen LogP contribution in [0, 0.1) is 0 Å². The summed E-state index contributed by atoms with van der Waals surface area (Å²) >= 11 is 0. The van der Waals surface area contributed by atoms with Gasteiger partial charge in [-0.3, -0.25) is 8.42 Å². The summed E-state index contributed by atoms with van der Waals surface area (Å²) < 4.78 is 24.4. The van der Waals surface area contributed by atoms with Crippen LogP contribution in [0.2, 0.25) is 0 Å². The topological polar surface area (TPSA) is 34.1 Å². The second-order valence-electron chi connectivity index (χ2n) is 3.73. The molecule has 16 heavy (non-hydrogen) atoms. The van der Waals surface area contributed by atoms with Gasteiger partial charge in [0, 0.05) is 11.5 Å². The lowest BCUT2D eigenvalue weighted by Crippen LogP contribution is -2.18. The molecule has 1 aromatic carbocycles. The quantitative estimate of drug-likeness (QED) is 0.770. The Morgan fingerprint density at radius 2 is 1.62 bits per heavy atom. The van der Waals surface area contributed by atoms with Gasteiger partial charge in [-0.05, 0) is 24.5 Å². The van der Waals surface area contributed by atoms with Crippen molar-refractivity contribution < 1.29 is 8.42 Å². The van der Waals surface area contributed by atoms with Crippen LogP contribution in [-0.2, 0) is 21.6 Å². The summed E-state index contributed by atoms with van der Waals surface area (Å²) in [7, 11) is -2.12. The highest BCUT2D eigenvalue weighted by Crippen LogP contribution is 2.26. The summed E-state index contributed by atoms with van der Waals surface area (Å²) in [6, 6.07) is 9.75. The van der Waals surface area contributed by atoms with Gasteiger partial charge in [-0.15, -0.1) is 0 Å². The Bertz CT molecular complexity index is 445. The normalized spacial score (nSPS) is 25.4. The van der Waals surface area contributed by atoms with Crippen molar-refractivity contribution in [3.05, 3.63) is 40.1 Å². The van der Waals surface area contributed by atoms with Crippen molar-refractivity contribution in [3.63, 3.8) is 0 Å². The van der Waals surface area contributed by atoms with Gasteiger partial charge in [-0.2, -0.15) is 0 Å². The van der Waals surface area contributed by atoms with Gasteiger partial charge in [0.15, 0.2) is 0 Å². The maximum absolute atomic E-state index is 11.9. The van der Waals surface area contributed by atoms with Crippen LogP contribution < -0.4 is 0 Å². The predicted octanol–water partition coefficient (Wildman–Crippen LogP) is 2.28. The molecule has 1 saturated heterocycles. The average molecular weight is 254 g/mol. The zero-order valence-electron chi connectivity index (χ0n) is 9.14. The van der Waals surface area contributed by atoms with Crippen molar-refractivity contribution in [3.8, 4) is 0 Å². The van der Waals surface area contributed by atoms with Crippen LogP contribution in [-0.4, -0.2) is 19.9 Å². The van der Waals surface area contributed by atoms with Crippen LogP contribution in [0.15, 0.2) is 34.6 Å². The van der Waals surface area contributed by atoms with Crippen LogP contribution in [0.3, 0.4) is 0 Å². The van der Waals surface area contributed by atoms with E-state index < -0.39 is 21.6 Å². The first-order valence-electron chi connectivity index (χ1n) is 5.23. The lowest BCUT2D eigenvalue weighted by atomic mass is 10.1. The van der Waals surface area contributed by atoms with Crippen molar-refractivity contribution in [2.45, 2.75) is 13.3 Å². The number of allylic oxidation sites excluding steroid dienone is 1. The molecule has 1 aliphatic rings. The van der Waals surface area contributed by atoms with Gasteiger partial charge in [0.2, 0.25) is 0 Å². The minimum Gasteiger partial charge on any atom is -0.254 e. The van der Waals surface area contributed by atoms with Crippen LogP contribution in [0.4, 0.5) is 0 Å². The minimum atomic E-state index is -1.06. The largest absolute Gasteiger partial charge is 0.254 e. The summed E-state index contributed by atoms with van der Waals surface area (Å²) in [5, 5.41) is 0. The Kier molecular flexibility index (Phi) is 3.71. The SMILES string of the molecule is CC(=C1[S@](=O)CCC[S@]1=O)c1ccccc1. The molecule has 1 aromatic rings. The van der Waals surface area contributed by atoms with Crippen molar-refractivity contribution in [2.75, 3.05) is 11.5 Å². The molecule has 2 atom stereocenters. The summed E-state index contributed by atoms with van der Waals surface area (Å²) in [5.41, 5.74) is 1.93. The van der Waals surface area contributed by atoms with E-state index in [1.165, 1.54) is 0 Å². The molecule has 0 N–H and O–H groups in total. The molecular weight excluding hydrogens is 240 g/mol. The molecule has 1 aliphatic heterocycles. The number of benzene rings is 1. The summed E-state index contributed by atoms with van der Waals surface area (Å²) in [6.45, 7) is 1.91. The predicted molar refractivity (Wildman–Crippen MR) is 69.7 cm³/mol. The first-order chi connectivity index (χ1) is 7.70. The molecule has 2 nitrogen and oxygen atoms in total. The Morgan fingerprint density at radius 3 is 2.19 bits per heavy atom. The smallest absolute Gasteiger partial charge is 0.106 e. The van der Waals surface area contributed by atoms with Gasteiger partial charge in [0.1, 0.15) is 4.24 Å². The number of hydrogen-bond donors (Lipinski definition) is 0. The Labute approximate surface area is 101 Å². The lowest BCUT2D eigenvalue weighted by molar-refractivity contribution is 0.677. The molecule has 0 radical (unpaired) electrons. The van der Waals surface area contributed by atoms with Gasteiger partial charge >= 0.3 is 0 Å². The van der Waals surface area contributed by atoms with Gasteiger partial charge in [-0.25, -0.2) is 0 Å². The molecule has 86 valence electrons. The van der Waals surface area contributed by atoms with Crippen LogP contribution >= 0.6 is 0 Å². The first-order valence-corrected chi connectivity index (χ1v) is 7.87. The van der Waals surface area contributed by atoms with Gasteiger partial charge in [0.25, 0.3) is 0 Å². The van der Waals surface area contributed by atoms with E-state index in [4.69, 9.17) is 0 Å². The van der Waals surface area contributed by atoms with E-state index in [9.17, 15) is 8.42 Å². The molecule has 2 rings (SSSR count). The Hall–Kier alpha value is -0.740. The molecule has 0 saturated carbocycles. The molecule has 4 heteroatoms. The summed E-state index contributed by atoms with van der Waals surface area (Å²) in [4.78, 5) is 0. The maximum Gasteiger partial charge on any atom is 0.106 e. The highest BCUT2D eigenvalue weighted by molar-refractivity contribution is 8.09.